The maximum atomic E-state index is 11.4. The van der Waals surface area contributed by atoms with Crippen LogP contribution >= 0.6 is 0 Å². The molecule has 0 aliphatic carbocycles. The Balaban J connectivity index is 4.68. The van der Waals surface area contributed by atoms with Crippen LogP contribution in [0.4, 0.5) is 0 Å². The summed E-state index contributed by atoms with van der Waals surface area (Å²) in [5.74, 6) is 3.33. The van der Waals surface area contributed by atoms with Crippen LogP contribution in [0.25, 0.3) is 0 Å². The van der Waals surface area contributed by atoms with E-state index in [0.29, 0.717) is 0 Å². The monoisotopic (exact) mass is 312 g/mol. The molecular weight excluding hydrogens is 292 g/mol. The molecule has 0 rings (SSSR count). The van der Waals surface area contributed by atoms with E-state index in [4.69, 9.17) is 0 Å². The van der Waals surface area contributed by atoms with E-state index in [9.17, 15) is 19.2 Å². The molecule has 22 heavy (non-hydrogen) atoms. The van der Waals surface area contributed by atoms with Gasteiger partial charge < -0.3 is 20.1 Å². The number of amides is 2. The Kier molecular flexibility index (Phi) is 9.02. The van der Waals surface area contributed by atoms with Crippen LogP contribution in [0, 0.1) is 11.8 Å². The SMILES string of the molecule is COC(=O)[C@H](CC#CC[C@H](NC(C)=O)C(=O)OC)NC(C)=O. The lowest BCUT2D eigenvalue weighted by Crippen LogP contribution is -2.40. The van der Waals surface area contributed by atoms with E-state index in [1.54, 1.807) is 0 Å². The van der Waals surface area contributed by atoms with Crippen LogP contribution in [-0.4, -0.2) is 50.1 Å². The molecular formula is C14H20N2O6. The zero-order valence-electron chi connectivity index (χ0n) is 13.0. The summed E-state index contributed by atoms with van der Waals surface area (Å²) in [5.41, 5.74) is 0. The van der Waals surface area contributed by atoms with Crippen LogP contribution in [-0.2, 0) is 28.7 Å². The lowest BCUT2D eigenvalue weighted by Gasteiger charge is -2.13. The molecule has 0 unspecified atom stereocenters. The van der Waals surface area contributed by atoms with Crippen molar-refractivity contribution in [2.24, 2.45) is 0 Å². The van der Waals surface area contributed by atoms with Crippen molar-refractivity contribution >= 4 is 23.8 Å². The van der Waals surface area contributed by atoms with Crippen LogP contribution in [0.3, 0.4) is 0 Å². The Labute approximate surface area is 128 Å². The Morgan fingerprint density at radius 1 is 0.818 bits per heavy atom. The molecule has 2 N–H and O–H groups in total. The molecule has 0 heterocycles. The van der Waals surface area contributed by atoms with Crippen LogP contribution in [0.15, 0.2) is 0 Å². The molecule has 0 radical (unpaired) electrons. The Morgan fingerprint density at radius 3 is 1.36 bits per heavy atom. The van der Waals surface area contributed by atoms with Crippen molar-refractivity contribution in [1.82, 2.24) is 10.6 Å². The van der Waals surface area contributed by atoms with Gasteiger partial charge in [0.25, 0.3) is 0 Å². The normalized spacial score (nSPS) is 12.0. The van der Waals surface area contributed by atoms with Crippen molar-refractivity contribution in [2.75, 3.05) is 14.2 Å². The highest BCUT2D eigenvalue weighted by Crippen LogP contribution is 1.97. The van der Waals surface area contributed by atoms with Crippen molar-refractivity contribution < 1.29 is 28.7 Å². The van der Waals surface area contributed by atoms with Gasteiger partial charge in [-0.15, -0.1) is 11.8 Å². The smallest absolute Gasteiger partial charge is 0.329 e. The summed E-state index contributed by atoms with van der Waals surface area (Å²) >= 11 is 0. The van der Waals surface area contributed by atoms with Gasteiger partial charge in [0.15, 0.2) is 0 Å². The second-order valence-electron chi connectivity index (χ2n) is 4.31. The van der Waals surface area contributed by atoms with Gasteiger partial charge in [-0.3, -0.25) is 9.59 Å². The van der Waals surface area contributed by atoms with Crippen molar-refractivity contribution in [1.29, 1.82) is 0 Å². The van der Waals surface area contributed by atoms with Gasteiger partial charge >= 0.3 is 11.9 Å². The van der Waals surface area contributed by atoms with Crippen molar-refractivity contribution in [3.8, 4) is 11.8 Å². The van der Waals surface area contributed by atoms with Gasteiger partial charge in [-0.1, -0.05) is 0 Å². The average molecular weight is 312 g/mol. The first kappa shape index (κ1) is 19.4. The summed E-state index contributed by atoms with van der Waals surface area (Å²) in [5, 5.41) is 4.82. The van der Waals surface area contributed by atoms with Crippen LogP contribution in [0.1, 0.15) is 26.7 Å². The minimum Gasteiger partial charge on any atom is -0.467 e. The van der Waals surface area contributed by atoms with Gasteiger partial charge in [0.05, 0.1) is 14.2 Å². The fourth-order valence-corrected chi connectivity index (χ4v) is 1.51. The highest BCUT2D eigenvalue weighted by molar-refractivity contribution is 5.84. The Morgan fingerprint density at radius 2 is 1.14 bits per heavy atom. The van der Waals surface area contributed by atoms with E-state index >= 15 is 0 Å². The molecule has 0 aliphatic rings. The number of methoxy groups -OCH3 is 2. The van der Waals surface area contributed by atoms with Gasteiger partial charge in [0.2, 0.25) is 11.8 Å². The number of ether oxygens (including phenoxy) is 2. The highest BCUT2D eigenvalue weighted by Gasteiger charge is 2.20. The molecule has 0 bridgehead atoms. The van der Waals surface area contributed by atoms with E-state index in [1.807, 2.05) is 0 Å². The maximum Gasteiger partial charge on any atom is 0.329 e. The topological polar surface area (TPSA) is 111 Å². The summed E-state index contributed by atoms with van der Waals surface area (Å²) in [6.45, 7) is 2.54. The zero-order valence-corrected chi connectivity index (χ0v) is 13.0. The second-order valence-corrected chi connectivity index (χ2v) is 4.31. The third-order valence-electron chi connectivity index (χ3n) is 2.46. The molecule has 8 nitrogen and oxygen atoms in total. The van der Waals surface area contributed by atoms with Crippen LogP contribution < -0.4 is 10.6 Å². The zero-order chi connectivity index (χ0) is 17.1. The molecule has 122 valence electrons. The lowest BCUT2D eigenvalue weighted by molar-refractivity contribution is -0.145. The van der Waals surface area contributed by atoms with E-state index in [-0.39, 0.29) is 24.7 Å². The molecule has 0 saturated heterocycles. The molecule has 0 aromatic rings. The number of carbonyl (C=O) groups is 4. The maximum absolute atomic E-state index is 11.4. The molecule has 2 amide bonds. The Hall–Kier alpha value is -2.56. The number of esters is 2. The average Bonchev–Trinajstić information content (AvgIpc) is 2.46. The number of hydrogen-bond donors (Lipinski definition) is 2. The molecule has 0 aliphatic heterocycles. The van der Waals surface area contributed by atoms with Gasteiger partial charge in [0.1, 0.15) is 12.1 Å². The minimum absolute atomic E-state index is 0.0280. The summed E-state index contributed by atoms with van der Waals surface area (Å²) in [6, 6.07) is -1.76. The standard InChI is InChI=1S/C14H20N2O6/c1-9(17)15-11(13(19)21-3)7-5-6-8-12(14(20)22-4)16-10(2)18/h11-12H,7-8H2,1-4H3,(H,15,17)(H,16,18)/t11-,12-/m0/s1. The summed E-state index contributed by atoms with van der Waals surface area (Å²) in [7, 11) is 2.41. The minimum atomic E-state index is -0.882. The van der Waals surface area contributed by atoms with E-state index in [0.717, 1.165) is 0 Å². The first-order valence-corrected chi connectivity index (χ1v) is 6.47. The van der Waals surface area contributed by atoms with Gasteiger partial charge in [-0.2, -0.15) is 0 Å². The lowest BCUT2D eigenvalue weighted by atomic mass is 10.1. The van der Waals surface area contributed by atoms with Gasteiger partial charge in [0, 0.05) is 26.7 Å². The molecule has 0 aromatic heterocycles. The van der Waals surface area contributed by atoms with E-state index < -0.39 is 24.0 Å². The summed E-state index contributed by atoms with van der Waals surface area (Å²) in [4.78, 5) is 44.9. The molecule has 8 heteroatoms. The molecule has 0 aromatic carbocycles. The van der Waals surface area contributed by atoms with Gasteiger partial charge in [-0.05, 0) is 0 Å². The highest BCUT2D eigenvalue weighted by atomic mass is 16.5. The largest absolute Gasteiger partial charge is 0.467 e. The number of rotatable bonds is 6. The van der Waals surface area contributed by atoms with E-state index in [2.05, 4.69) is 31.9 Å². The molecule has 0 fully saturated rings. The third kappa shape index (κ3) is 7.89. The molecule has 2 atom stereocenters. The van der Waals surface area contributed by atoms with Crippen LogP contribution in [0.2, 0.25) is 0 Å². The van der Waals surface area contributed by atoms with Crippen molar-refractivity contribution in [3.05, 3.63) is 0 Å². The van der Waals surface area contributed by atoms with Crippen LogP contribution in [0.5, 0.6) is 0 Å². The molecule has 0 spiro atoms. The third-order valence-corrected chi connectivity index (χ3v) is 2.46. The fourth-order valence-electron chi connectivity index (χ4n) is 1.51. The fraction of sp³-hybridized carbons (Fsp3) is 0.571. The summed E-state index contributed by atoms with van der Waals surface area (Å²) in [6.07, 6.45) is 0.0560. The summed E-state index contributed by atoms with van der Waals surface area (Å²) < 4.78 is 9.09. The predicted molar refractivity (Wildman–Crippen MR) is 76.3 cm³/mol. The first-order valence-electron chi connectivity index (χ1n) is 6.47. The van der Waals surface area contributed by atoms with Crippen molar-refractivity contribution in [2.45, 2.75) is 38.8 Å². The number of hydrogen-bond acceptors (Lipinski definition) is 6. The number of carbonyl (C=O) groups excluding carboxylic acids is 4. The molecule has 0 saturated carbocycles. The first-order chi connectivity index (χ1) is 10.3. The van der Waals surface area contributed by atoms with E-state index in [1.165, 1.54) is 28.1 Å². The second kappa shape index (κ2) is 10.2. The quantitative estimate of drug-likeness (QED) is 0.487. The van der Waals surface area contributed by atoms with Crippen molar-refractivity contribution in [3.63, 3.8) is 0 Å². The Bertz CT molecular complexity index is 449. The number of nitrogens with one attached hydrogen (secondary N) is 2. The predicted octanol–water partition coefficient (Wildman–Crippen LogP) is -0.875. The van der Waals surface area contributed by atoms with Gasteiger partial charge in [-0.25, -0.2) is 9.59 Å².